The summed E-state index contributed by atoms with van der Waals surface area (Å²) in [5.41, 5.74) is 1.50. The van der Waals surface area contributed by atoms with Crippen LogP contribution in [0.25, 0.3) is 22.0 Å². The highest BCUT2D eigenvalue weighted by Gasteiger charge is 2.32. The number of hydrogen-bond acceptors (Lipinski definition) is 6. The number of aromatic nitrogens is 4. The van der Waals surface area contributed by atoms with Crippen LogP contribution in [0.5, 0.6) is 0 Å². The van der Waals surface area contributed by atoms with Crippen LogP contribution in [0.2, 0.25) is 5.02 Å². The van der Waals surface area contributed by atoms with Crippen LogP contribution in [0.1, 0.15) is 10.6 Å². The lowest BCUT2D eigenvalue weighted by molar-refractivity contribution is -0.637. The molecule has 0 unspecified atom stereocenters. The summed E-state index contributed by atoms with van der Waals surface area (Å²) in [4.78, 5) is 25.4. The zero-order valence-corrected chi connectivity index (χ0v) is 19.6. The van der Waals surface area contributed by atoms with Gasteiger partial charge in [0.2, 0.25) is 5.82 Å². The van der Waals surface area contributed by atoms with E-state index < -0.39 is 21.9 Å². The third kappa shape index (κ3) is 4.43. The van der Waals surface area contributed by atoms with Crippen molar-refractivity contribution in [2.45, 2.75) is 5.03 Å². The molecule has 1 N–H and O–H groups in total. The summed E-state index contributed by atoms with van der Waals surface area (Å²) in [6.45, 7) is 0.562. The van der Waals surface area contributed by atoms with Gasteiger partial charge in [-0.05, 0) is 29.8 Å². The average Bonchev–Trinajstić information content (AvgIpc) is 3.30. The molecule has 0 saturated carbocycles. The number of sulfonamides is 1. The minimum Gasteiger partial charge on any atom is -0.617 e. The Kier molecular flexibility index (Phi) is 5.87. The van der Waals surface area contributed by atoms with Crippen molar-refractivity contribution in [3.05, 3.63) is 77.0 Å². The van der Waals surface area contributed by atoms with Gasteiger partial charge in [-0.25, -0.2) is 18.4 Å². The topological polar surface area (TPSA) is 126 Å². The average molecular weight is 517 g/mol. The number of halogens is 2. The number of fused-ring (bicyclic) bond motifs is 1. The third-order valence-corrected chi connectivity index (χ3v) is 7.81. The molecule has 1 amide bonds. The van der Waals surface area contributed by atoms with Crippen molar-refractivity contribution in [3.63, 3.8) is 0 Å². The van der Waals surface area contributed by atoms with E-state index in [2.05, 4.69) is 15.0 Å². The van der Waals surface area contributed by atoms with Gasteiger partial charge in [0.25, 0.3) is 15.9 Å². The van der Waals surface area contributed by atoms with Gasteiger partial charge in [0.15, 0.2) is 6.20 Å². The summed E-state index contributed by atoms with van der Waals surface area (Å²) in [5.74, 6) is -1.47. The first-order chi connectivity index (χ1) is 16.7. The van der Waals surface area contributed by atoms with E-state index in [4.69, 9.17) is 11.6 Å². The molecule has 1 aliphatic rings. The fourth-order valence-electron chi connectivity index (χ4n) is 3.85. The SMILES string of the molecule is O=C(c1ncc(-c2cc[n+]([O-])c(F)c2)cn1)N1CCN(S(=O)(=O)c2cc3cc(Cl)ccc3[nH]2)CC1. The highest BCUT2D eigenvalue weighted by atomic mass is 35.5. The van der Waals surface area contributed by atoms with Gasteiger partial charge in [-0.1, -0.05) is 11.6 Å². The van der Waals surface area contributed by atoms with E-state index in [0.717, 1.165) is 12.3 Å². The van der Waals surface area contributed by atoms with Crippen LogP contribution in [-0.2, 0) is 10.0 Å². The molecule has 1 aromatic carbocycles. The number of piperazine rings is 1. The lowest BCUT2D eigenvalue weighted by Gasteiger charge is -2.33. The number of pyridine rings is 1. The van der Waals surface area contributed by atoms with Gasteiger partial charge >= 0.3 is 5.95 Å². The molecule has 4 heterocycles. The number of rotatable bonds is 4. The van der Waals surface area contributed by atoms with E-state index in [1.165, 1.54) is 27.7 Å². The molecular weight excluding hydrogens is 499 g/mol. The van der Waals surface area contributed by atoms with E-state index in [9.17, 15) is 22.8 Å². The summed E-state index contributed by atoms with van der Waals surface area (Å²) >= 11 is 5.99. The van der Waals surface area contributed by atoms with Crippen LogP contribution >= 0.6 is 11.6 Å². The van der Waals surface area contributed by atoms with Crippen LogP contribution in [0.3, 0.4) is 0 Å². The predicted molar refractivity (Wildman–Crippen MR) is 124 cm³/mol. The number of benzene rings is 1. The lowest BCUT2D eigenvalue weighted by Crippen LogP contribution is -2.50. The molecule has 1 fully saturated rings. The van der Waals surface area contributed by atoms with Crippen LogP contribution in [0.15, 0.2) is 60.0 Å². The van der Waals surface area contributed by atoms with E-state index in [1.807, 2.05) is 0 Å². The van der Waals surface area contributed by atoms with Crippen molar-refractivity contribution in [1.29, 1.82) is 0 Å². The molecule has 13 heteroatoms. The number of nitrogens with zero attached hydrogens (tertiary/aromatic N) is 5. The normalized spacial score (nSPS) is 15.0. The minimum absolute atomic E-state index is 0.0622. The molecule has 0 aliphatic carbocycles. The second-order valence-corrected chi connectivity index (χ2v) is 10.3. The number of aromatic amines is 1. The zero-order valence-electron chi connectivity index (χ0n) is 18.1. The Morgan fingerprint density at radius 2 is 1.77 bits per heavy atom. The van der Waals surface area contributed by atoms with Crippen LogP contribution in [0.4, 0.5) is 4.39 Å². The summed E-state index contributed by atoms with van der Waals surface area (Å²) in [6.07, 6.45) is 3.77. The predicted octanol–water partition coefficient (Wildman–Crippen LogP) is 2.20. The lowest BCUT2D eigenvalue weighted by atomic mass is 10.1. The fraction of sp³-hybridized carbons (Fsp3) is 0.182. The summed E-state index contributed by atoms with van der Waals surface area (Å²) in [5, 5.41) is 12.4. The molecule has 5 rings (SSSR count). The number of carbonyl (C=O) groups is 1. The number of amides is 1. The first-order valence-electron chi connectivity index (χ1n) is 10.5. The Balaban J connectivity index is 1.26. The van der Waals surface area contributed by atoms with Crippen LogP contribution in [0, 0.1) is 11.2 Å². The van der Waals surface area contributed by atoms with Crippen molar-refractivity contribution >= 4 is 38.4 Å². The Morgan fingerprint density at radius 1 is 1.06 bits per heavy atom. The standard InChI is InChI=1S/C22H18ClFN6O4S/c23-17-1-2-18-15(9-17)11-20(27-18)35(33,34)29-7-5-28(6-8-29)22(31)21-25-12-16(13-26-21)14-3-4-30(32)19(24)10-14/h1-4,9-13,27H,5-8H2. The smallest absolute Gasteiger partial charge is 0.371 e. The second kappa shape index (κ2) is 8.87. The molecule has 180 valence electrons. The van der Waals surface area contributed by atoms with Gasteiger partial charge < -0.3 is 15.1 Å². The van der Waals surface area contributed by atoms with Crippen molar-refractivity contribution < 1.29 is 22.3 Å². The Bertz CT molecular complexity index is 1540. The first-order valence-corrected chi connectivity index (χ1v) is 12.3. The van der Waals surface area contributed by atoms with E-state index in [-0.39, 0.29) is 41.8 Å². The highest BCUT2D eigenvalue weighted by molar-refractivity contribution is 7.89. The molecule has 1 aliphatic heterocycles. The molecule has 0 bridgehead atoms. The van der Waals surface area contributed by atoms with Gasteiger partial charge in [-0.15, -0.1) is 9.12 Å². The Hall–Kier alpha value is -3.61. The minimum atomic E-state index is -3.78. The second-order valence-electron chi connectivity index (χ2n) is 7.92. The van der Waals surface area contributed by atoms with E-state index in [1.54, 1.807) is 24.3 Å². The molecule has 4 aromatic rings. The first kappa shape index (κ1) is 23.1. The van der Waals surface area contributed by atoms with Crippen molar-refractivity contribution in [2.75, 3.05) is 26.2 Å². The van der Waals surface area contributed by atoms with Gasteiger partial charge in [0.05, 0.1) is 6.07 Å². The molecule has 0 atom stereocenters. The van der Waals surface area contributed by atoms with Crippen LogP contribution in [-0.4, -0.2) is 64.7 Å². The molecule has 10 nitrogen and oxygen atoms in total. The summed E-state index contributed by atoms with van der Waals surface area (Å²) in [7, 11) is -3.78. The van der Waals surface area contributed by atoms with E-state index in [0.29, 0.717) is 27.1 Å². The van der Waals surface area contributed by atoms with Crippen molar-refractivity contribution in [2.24, 2.45) is 0 Å². The zero-order chi connectivity index (χ0) is 24.7. The number of nitrogens with one attached hydrogen (secondary N) is 1. The van der Waals surface area contributed by atoms with Crippen molar-refractivity contribution in [1.82, 2.24) is 24.2 Å². The van der Waals surface area contributed by atoms with Gasteiger partial charge in [-0.3, -0.25) is 4.79 Å². The summed E-state index contributed by atoms with van der Waals surface area (Å²) in [6, 6.07) is 9.08. The molecule has 35 heavy (non-hydrogen) atoms. The quantitative estimate of drug-likeness (QED) is 0.252. The maximum Gasteiger partial charge on any atom is 0.371 e. The summed E-state index contributed by atoms with van der Waals surface area (Å²) < 4.78 is 41.1. The van der Waals surface area contributed by atoms with Crippen LogP contribution < -0.4 is 4.73 Å². The molecular formula is C22H18ClFN6O4S. The molecule has 1 saturated heterocycles. The highest BCUT2D eigenvalue weighted by Crippen LogP contribution is 2.25. The largest absolute Gasteiger partial charge is 0.617 e. The molecule has 3 aromatic heterocycles. The number of H-pyrrole nitrogens is 1. The molecule has 0 radical (unpaired) electrons. The van der Waals surface area contributed by atoms with E-state index >= 15 is 0 Å². The number of carbonyl (C=O) groups excluding carboxylic acids is 1. The monoisotopic (exact) mass is 516 g/mol. The third-order valence-electron chi connectivity index (χ3n) is 5.75. The Labute approximate surface area is 204 Å². The Morgan fingerprint density at radius 3 is 2.46 bits per heavy atom. The maximum atomic E-state index is 13.5. The van der Waals surface area contributed by atoms with Gasteiger partial charge in [0, 0.05) is 66.1 Å². The van der Waals surface area contributed by atoms with Crippen molar-refractivity contribution in [3.8, 4) is 11.1 Å². The van der Waals surface area contributed by atoms with Gasteiger partial charge in [0.1, 0.15) is 5.03 Å². The number of hydrogen-bond donors (Lipinski definition) is 1. The van der Waals surface area contributed by atoms with Gasteiger partial charge in [-0.2, -0.15) is 4.31 Å². The fourth-order valence-corrected chi connectivity index (χ4v) is 5.47. The molecule has 0 spiro atoms. The maximum absolute atomic E-state index is 13.5.